The van der Waals surface area contributed by atoms with E-state index in [2.05, 4.69) is 59.0 Å². The van der Waals surface area contributed by atoms with Crippen molar-refractivity contribution in [2.24, 2.45) is 11.3 Å². The van der Waals surface area contributed by atoms with Crippen LogP contribution in [-0.2, 0) is 5.41 Å². The van der Waals surface area contributed by atoms with Crippen LogP contribution in [0, 0.1) is 18.3 Å². The van der Waals surface area contributed by atoms with Crippen molar-refractivity contribution in [1.29, 1.82) is 0 Å². The summed E-state index contributed by atoms with van der Waals surface area (Å²) < 4.78 is 6.23. The molecule has 1 aliphatic carbocycles. The Morgan fingerprint density at radius 2 is 1.63 bits per heavy atom. The average molecular weight is 414 g/mol. The first kappa shape index (κ1) is 23.5. The van der Waals surface area contributed by atoms with E-state index in [0.29, 0.717) is 17.4 Å². The van der Waals surface area contributed by atoms with Crippen LogP contribution < -0.4 is 10.1 Å². The van der Waals surface area contributed by atoms with E-state index >= 15 is 0 Å². The van der Waals surface area contributed by atoms with E-state index in [0.717, 1.165) is 12.4 Å². The molecule has 2 nitrogen and oxygen atoms in total. The van der Waals surface area contributed by atoms with Crippen LogP contribution >= 0.6 is 0 Å². The molecule has 1 N–H and O–H groups in total. The van der Waals surface area contributed by atoms with Crippen molar-refractivity contribution in [3.63, 3.8) is 0 Å². The van der Waals surface area contributed by atoms with Gasteiger partial charge in [0.15, 0.2) is 0 Å². The molecule has 1 heterocycles. The van der Waals surface area contributed by atoms with Crippen LogP contribution in [0.4, 0.5) is 5.69 Å². The normalized spacial score (nSPS) is 23.9. The molecule has 1 saturated carbocycles. The topological polar surface area (TPSA) is 21.3 Å². The third kappa shape index (κ3) is 5.54. The predicted octanol–water partition coefficient (Wildman–Crippen LogP) is 8.41. The second-order valence-corrected chi connectivity index (χ2v) is 11.5. The Morgan fingerprint density at radius 3 is 2.33 bits per heavy atom. The molecule has 0 unspecified atom stereocenters. The van der Waals surface area contributed by atoms with E-state index in [-0.39, 0.29) is 5.41 Å². The molecule has 3 rings (SSSR count). The number of hydrogen-bond donors (Lipinski definition) is 1. The minimum absolute atomic E-state index is 0.199. The summed E-state index contributed by atoms with van der Waals surface area (Å²) in [5.74, 6) is 1.78. The molecule has 0 spiro atoms. The molecule has 2 heteroatoms. The molecule has 2 atom stereocenters. The molecular formula is C28H47NO. The Bertz CT molecular complexity index is 690. The number of unbranched alkanes of at least 4 members (excludes halogenated alkanes) is 7. The minimum Gasteiger partial charge on any atom is -0.494 e. The number of nitrogens with one attached hydrogen (secondary N) is 1. The van der Waals surface area contributed by atoms with Gasteiger partial charge in [-0.1, -0.05) is 79.6 Å². The summed E-state index contributed by atoms with van der Waals surface area (Å²) in [5.41, 5.74) is 4.83. The van der Waals surface area contributed by atoms with Gasteiger partial charge in [0.05, 0.1) is 6.61 Å². The summed E-state index contributed by atoms with van der Waals surface area (Å²) in [7, 11) is 0. The first-order valence-electron chi connectivity index (χ1n) is 12.8. The molecule has 0 amide bonds. The predicted molar refractivity (Wildman–Crippen MR) is 131 cm³/mol. The van der Waals surface area contributed by atoms with E-state index in [1.165, 1.54) is 87.4 Å². The highest BCUT2D eigenvalue weighted by atomic mass is 16.5. The smallest absolute Gasteiger partial charge is 0.119 e. The third-order valence-corrected chi connectivity index (χ3v) is 7.92. The lowest BCUT2D eigenvalue weighted by Gasteiger charge is -2.52. The molecule has 1 aromatic carbocycles. The van der Waals surface area contributed by atoms with Gasteiger partial charge in [0.2, 0.25) is 0 Å². The first-order chi connectivity index (χ1) is 14.2. The molecule has 170 valence electrons. The van der Waals surface area contributed by atoms with Gasteiger partial charge in [-0.25, -0.2) is 0 Å². The second-order valence-electron chi connectivity index (χ2n) is 11.5. The molecule has 2 aliphatic rings. The fourth-order valence-corrected chi connectivity index (χ4v) is 5.95. The maximum Gasteiger partial charge on any atom is 0.119 e. The number of anilines is 1. The van der Waals surface area contributed by atoms with Gasteiger partial charge in [0.25, 0.3) is 0 Å². The Labute approximate surface area is 186 Å². The fraction of sp³-hybridized carbons (Fsp3) is 0.786. The second kappa shape index (κ2) is 9.96. The van der Waals surface area contributed by atoms with Crippen molar-refractivity contribution in [1.82, 2.24) is 0 Å². The number of ether oxygens (including phenoxy) is 1. The Morgan fingerprint density at radius 1 is 0.967 bits per heavy atom. The fourth-order valence-electron chi connectivity index (χ4n) is 5.95. The van der Waals surface area contributed by atoms with Crippen molar-refractivity contribution in [2.75, 3.05) is 11.9 Å². The van der Waals surface area contributed by atoms with Crippen molar-refractivity contribution in [3.8, 4) is 5.75 Å². The molecule has 1 aromatic rings. The van der Waals surface area contributed by atoms with Gasteiger partial charge in [-0.3, -0.25) is 0 Å². The molecule has 0 radical (unpaired) electrons. The van der Waals surface area contributed by atoms with E-state index in [4.69, 9.17) is 4.74 Å². The lowest BCUT2D eigenvalue weighted by atomic mass is 9.58. The average Bonchev–Trinajstić information content (AvgIpc) is 2.67. The van der Waals surface area contributed by atoms with Crippen LogP contribution in [-0.4, -0.2) is 12.6 Å². The maximum absolute atomic E-state index is 6.23. The number of hydrogen-bond acceptors (Lipinski definition) is 2. The maximum atomic E-state index is 6.23. The lowest BCUT2D eigenvalue weighted by Crippen LogP contribution is -2.50. The van der Waals surface area contributed by atoms with Crippen molar-refractivity contribution in [2.45, 2.75) is 124 Å². The molecule has 0 bridgehead atoms. The van der Waals surface area contributed by atoms with Gasteiger partial charge in [-0.05, 0) is 72.6 Å². The SMILES string of the molecule is CCCCCCCCCCOc1cc(C)c2c(c1)C(C)(C)[C@@H]1CCC(C)(C)C[C@H]1N2. The number of rotatable bonds is 10. The first-order valence-corrected chi connectivity index (χ1v) is 12.8. The van der Waals surface area contributed by atoms with E-state index in [1.807, 2.05) is 0 Å². The zero-order valence-electron chi connectivity index (χ0n) is 20.7. The van der Waals surface area contributed by atoms with E-state index in [9.17, 15) is 0 Å². The summed E-state index contributed by atoms with van der Waals surface area (Å²) in [6, 6.07) is 5.19. The molecule has 0 saturated heterocycles. The highest BCUT2D eigenvalue weighted by molar-refractivity contribution is 5.65. The monoisotopic (exact) mass is 413 g/mol. The van der Waals surface area contributed by atoms with Crippen LogP contribution in [0.1, 0.15) is 116 Å². The largest absolute Gasteiger partial charge is 0.494 e. The van der Waals surface area contributed by atoms with E-state index < -0.39 is 0 Å². The van der Waals surface area contributed by atoms with Crippen LogP contribution in [0.5, 0.6) is 5.75 Å². The highest BCUT2D eigenvalue weighted by Gasteiger charge is 2.47. The van der Waals surface area contributed by atoms with Gasteiger partial charge < -0.3 is 10.1 Å². The zero-order chi connectivity index (χ0) is 21.8. The van der Waals surface area contributed by atoms with Crippen LogP contribution in [0.3, 0.4) is 0 Å². The van der Waals surface area contributed by atoms with Gasteiger partial charge >= 0.3 is 0 Å². The number of aryl methyl sites for hydroxylation is 1. The summed E-state index contributed by atoms with van der Waals surface area (Å²) in [5, 5.41) is 3.95. The van der Waals surface area contributed by atoms with Crippen LogP contribution in [0.15, 0.2) is 12.1 Å². The highest BCUT2D eigenvalue weighted by Crippen LogP contribution is 2.53. The summed E-state index contributed by atoms with van der Waals surface area (Å²) >= 11 is 0. The molecular weight excluding hydrogens is 366 g/mol. The standard InChI is InChI=1S/C28H47NO/c1-7-8-9-10-11-12-13-14-17-30-22-18-21(2)26-24(19-22)28(5,6)23-15-16-27(3,4)20-25(23)29-26/h18-19,23,25,29H,7-17,20H2,1-6H3/t23-,25-/m1/s1. The minimum atomic E-state index is 0.199. The Balaban J connectivity index is 1.57. The summed E-state index contributed by atoms with van der Waals surface area (Å²) in [4.78, 5) is 0. The third-order valence-electron chi connectivity index (χ3n) is 7.92. The van der Waals surface area contributed by atoms with Crippen molar-refractivity contribution < 1.29 is 4.74 Å². The van der Waals surface area contributed by atoms with E-state index in [1.54, 1.807) is 0 Å². The Hall–Kier alpha value is -1.18. The van der Waals surface area contributed by atoms with Gasteiger partial charge in [-0.15, -0.1) is 0 Å². The summed E-state index contributed by atoms with van der Waals surface area (Å²) in [6.45, 7) is 15.2. The van der Waals surface area contributed by atoms with Gasteiger partial charge in [0.1, 0.15) is 5.75 Å². The number of benzene rings is 1. The Kier molecular flexibility index (Phi) is 7.80. The van der Waals surface area contributed by atoms with Gasteiger partial charge in [-0.2, -0.15) is 0 Å². The zero-order valence-corrected chi connectivity index (χ0v) is 20.7. The van der Waals surface area contributed by atoms with Gasteiger partial charge in [0, 0.05) is 11.7 Å². The van der Waals surface area contributed by atoms with Crippen molar-refractivity contribution >= 4 is 5.69 Å². The molecule has 1 aliphatic heterocycles. The quantitative estimate of drug-likeness (QED) is 0.389. The molecule has 1 fully saturated rings. The van der Waals surface area contributed by atoms with Crippen molar-refractivity contribution in [3.05, 3.63) is 23.3 Å². The summed E-state index contributed by atoms with van der Waals surface area (Å²) in [6.07, 6.45) is 14.7. The molecule has 30 heavy (non-hydrogen) atoms. The lowest BCUT2D eigenvalue weighted by molar-refractivity contribution is 0.119. The number of fused-ring (bicyclic) bond motifs is 2. The van der Waals surface area contributed by atoms with Crippen LogP contribution in [0.25, 0.3) is 0 Å². The van der Waals surface area contributed by atoms with Crippen LogP contribution in [0.2, 0.25) is 0 Å². The molecule has 0 aromatic heterocycles.